The van der Waals surface area contributed by atoms with Crippen LogP contribution in [-0.2, 0) is 16.0 Å². The normalized spacial score (nSPS) is 23.4. The second kappa shape index (κ2) is 8.64. The fourth-order valence-electron chi connectivity index (χ4n) is 4.60. The van der Waals surface area contributed by atoms with Crippen molar-refractivity contribution < 1.29 is 14.4 Å². The van der Waals surface area contributed by atoms with Gasteiger partial charge < -0.3 is 20.1 Å². The van der Waals surface area contributed by atoms with Crippen molar-refractivity contribution in [3.63, 3.8) is 0 Å². The van der Waals surface area contributed by atoms with Crippen molar-refractivity contribution in [3.8, 4) is 0 Å². The Balaban J connectivity index is 1.39. The molecular formula is C21H26N6O3. The van der Waals surface area contributed by atoms with E-state index in [1.807, 2.05) is 30.0 Å². The van der Waals surface area contributed by atoms with Gasteiger partial charge in [0.25, 0.3) is 5.91 Å². The van der Waals surface area contributed by atoms with E-state index in [1.54, 1.807) is 11.1 Å². The molecule has 2 aliphatic heterocycles. The van der Waals surface area contributed by atoms with Gasteiger partial charge in [0.15, 0.2) is 0 Å². The Morgan fingerprint density at radius 1 is 1.33 bits per heavy atom. The van der Waals surface area contributed by atoms with Crippen LogP contribution in [0.5, 0.6) is 0 Å². The molecule has 30 heavy (non-hydrogen) atoms. The maximum absolute atomic E-state index is 12.9. The summed E-state index contributed by atoms with van der Waals surface area (Å²) in [5.74, 6) is -0.645. The zero-order chi connectivity index (χ0) is 21.1. The van der Waals surface area contributed by atoms with Crippen molar-refractivity contribution in [2.45, 2.75) is 38.3 Å². The van der Waals surface area contributed by atoms with Crippen molar-refractivity contribution in [3.05, 3.63) is 48.3 Å². The summed E-state index contributed by atoms with van der Waals surface area (Å²) < 4.78 is 0. The van der Waals surface area contributed by atoms with Gasteiger partial charge in [0, 0.05) is 37.4 Å². The molecular weight excluding hydrogens is 384 g/mol. The maximum atomic E-state index is 12.9. The summed E-state index contributed by atoms with van der Waals surface area (Å²) >= 11 is 0. The number of aromatic nitrogens is 3. The number of H-pyrrole nitrogens is 1. The highest BCUT2D eigenvalue weighted by Crippen LogP contribution is 2.35. The Bertz CT molecular complexity index is 901. The first-order valence-corrected chi connectivity index (χ1v) is 10.3. The number of rotatable bonds is 6. The Morgan fingerprint density at radius 2 is 2.20 bits per heavy atom. The third-order valence-electron chi connectivity index (χ3n) is 5.96. The van der Waals surface area contributed by atoms with E-state index >= 15 is 0 Å². The zero-order valence-electron chi connectivity index (χ0n) is 17.0. The largest absolute Gasteiger partial charge is 0.355 e. The zero-order valence-corrected chi connectivity index (χ0v) is 17.0. The van der Waals surface area contributed by atoms with Crippen LogP contribution in [0.1, 0.15) is 35.9 Å². The molecule has 9 heteroatoms. The lowest BCUT2D eigenvalue weighted by Crippen LogP contribution is -2.57. The van der Waals surface area contributed by atoms with Crippen LogP contribution >= 0.6 is 0 Å². The predicted molar refractivity (Wildman–Crippen MR) is 108 cm³/mol. The van der Waals surface area contributed by atoms with E-state index in [0.29, 0.717) is 38.0 Å². The summed E-state index contributed by atoms with van der Waals surface area (Å²) in [6.45, 7) is 2.96. The van der Waals surface area contributed by atoms with Gasteiger partial charge >= 0.3 is 0 Å². The monoisotopic (exact) mass is 410 g/mol. The molecule has 2 fully saturated rings. The number of hydrogen-bond donors (Lipinski definition) is 2. The van der Waals surface area contributed by atoms with Crippen LogP contribution in [0.3, 0.4) is 0 Å². The average molecular weight is 410 g/mol. The number of aromatic amines is 1. The number of amides is 3. The van der Waals surface area contributed by atoms with Crippen molar-refractivity contribution in [2.75, 3.05) is 19.6 Å². The topological polar surface area (TPSA) is 111 Å². The summed E-state index contributed by atoms with van der Waals surface area (Å²) in [6, 6.07) is 5.44. The van der Waals surface area contributed by atoms with Gasteiger partial charge in [0.1, 0.15) is 12.2 Å². The predicted octanol–water partition coefficient (Wildman–Crippen LogP) is 0.615. The quantitative estimate of drug-likeness (QED) is 0.725. The minimum atomic E-state index is -0.269. The third-order valence-corrected chi connectivity index (χ3v) is 5.96. The summed E-state index contributed by atoms with van der Waals surface area (Å²) in [5, 5.41) is 3.01. The molecule has 0 saturated carbocycles. The Hall–Kier alpha value is -3.23. The molecule has 0 radical (unpaired) electrons. The number of hydrogen-bond acceptors (Lipinski definition) is 5. The lowest BCUT2D eigenvalue weighted by atomic mass is 9.96. The number of pyridine rings is 1. The minimum Gasteiger partial charge on any atom is -0.355 e. The molecule has 2 aromatic rings. The van der Waals surface area contributed by atoms with E-state index in [0.717, 1.165) is 5.69 Å². The summed E-state index contributed by atoms with van der Waals surface area (Å²) in [6.07, 6.45) is 6.57. The van der Waals surface area contributed by atoms with Crippen LogP contribution in [0.4, 0.5) is 0 Å². The van der Waals surface area contributed by atoms with Gasteiger partial charge in [-0.2, -0.15) is 0 Å². The molecule has 3 atom stereocenters. The van der Waals surface area contributed by atoms with Crippen LogP contribution in [0.25, 0.3) is 0 Å². The van der Waals surface area contributed by atoms with E-state index in [1.165, 1.54) is 12.5 Å². The third kappa shape index (κ3) is 3.92. The lowest BCUT2D eigenvalue weighted by molar-refractivity contribution is -0.139. The molecule has 0 aromatic carbocycles. The fourth-order valence-corrected chi connectivity index (χ4v) is 4.60. The number of fused-ring (bicyclic) bond motifs is 1. The molecule has 2 saturated heterocycles. The first-order valence-electron chi connectivity index (χ1n) is 10.3. The van der Waals surface area contributed by atoms with Crippen molar-refractivity contribution in [1.29, 1.82) is 0 Å². The maximum Gasteiger partial charge on any atom is 0.272 e. The average Bonchev–Trinajstić information content (AvgIpc) is 3.42. The number of imidazole rings is 1. The van der Waals surface area contributed by atoms with Crippen LogP contribution in [0.15, 0.2) is 36.9 Å². The van der Waals surface area contributed by atoms with Crippen molar-refractivity contribution in [1.82, 2.24) is 30.1 Å². The van der Waals surface area contributed by atoms with E-state index in [4.69, 9.17) is 0 Å². The van der Waals surface area contributed by atoms with Crippen LogP contribution in [0.2, 0.25) is 0 Å². The molecule has 2 aliphatic rings. The summed E-state index contributed by atoms with van der Waals surface area (Å²) in [7, 11) is 0. The molecule has 9 nitrogen and oxygen atoms in total. The van der Waals surface area contributed by atoms with Crippen LogP contribution < -0.4 is 5.32 Å². The Kier molecular flexibility index (Phi) is 5.78. The number of piperazine rings is 1. The highest BCUT2D eigenvalue weighted by atomic mass is 16.2. The fraction of sp³-hybridized carbons (Fsp3) is 0.476. The second-order valence-corrected chi connectivity index (χ2v) is 7.79. The highest BCUT2D eigenvalue weighted by Gasteiger charge is 2.49. The minimum absolute atomic E-state index is 0.0267. The van der Waals surface area contributed by atoms with E-state index in [2.05, 4.69) is 20.3 Å². The van der Waals surface area contributed by atoms with Crippen molar-refractivity contribution in [2.24, 2.45) is 5.92 Å². The van der Waals surface area contributed by atoms with E-state index in [-0.39, 0.29) is 42.3 Å². The Labute approximate surface area is 174 Å². The molecule has 2 aromatic heterocycles. The molecule has 3 amide bonds. The number of nitrogens with one attached hydrogen (secondary N) is 2. The molecule has 0 unspecified atom stereocenters. The van der Waals surface area contributed by atoms with Crippen LogP contribution in [-0.4, -0.2) is 74.2 Å². The van der Waals surface area contributed by atoms with Gasteiger partial charge in [-0.15, -0.1) is 0 Å². The molecule has 158 valence electrons. The first-order chi connectivity index (χ1) is 14.6. The molecule has 0 spiro atoms. The lowest BCUT2D eigenvalue weighted by Gasteiger charge is -2.39. The molecule has 4 heterocycles. The van der Waals surface area contributed by atoms with Gasteiger partial charge in [0.05, 0.1) is 24.5 Å². The standard InChI is InChI=1S/C21H26N6O3/c1-2-18-16(20(29)24-8-6-14-5-3-4-7-23-14)9-15-11-26(12-19(28)27(15)18)21(30)17-10-22-13-25-17/h3-5,7,10,13,15-16,18H,2,6,8-9,11-12H2,1H3,(H,22,25)(H,24,29)/t15-,16-,18-/m1/s1. The van der Waals surface area contributed by atoms with E-state index < -0.39 is 0 Å². The first kappa shape index (κ1) is 20.1. The van der Waals surface area contributed by atoms with Crippen LogP contribution in [0, 0.1) is 5.92 Å². The molecule has 0 aliphatic carbocycles. The molecule has 2 N–H and O–H groups in total. The molecule has 4 rings (SSSR count). The van der Waals surface area contributed by atoms with E-state index in [9.17, 15) is 14.4 Å². The molecule has 0 bridgehead atoms. The van der Waals surface area contributed by atoms with Gasteiger partial charge in [0.2, 0.25) is 11.8 Å². The highest BCUT2D eigenvalue weighted by molar-refractivity contribution is 5.96. The van der Waals surface area contributed by atoms with Gasteiger partial charge in [-0.25, -0.2) is 4.98 Å². The van der Waals surface area contributed by atoms with Gasteiger partial charge in [-0.05, 0) is 25.0 Å². The smallest absolute Gasteiger partial charge is 0.272 e. The Morgan fingerprint density at radius 3 is 2.90 bits per heavy atom. The summed E-state index contributed by atoms with van der Waals surface area (Å²) in [4.78, 5) is 52.7. The van der Waals surface area contributed by atoms with Crippen molar-refractivity contribution >= 4 is 17.7 Å². The SMILES string of the molecule is CC[C@@H]1[C@H](C(=O)NCCc2ccccn2)C[C@@H]2CN(C(=O)c3cnc[nH]3)CC(=O)N21. The number of carbonyl (C=O) groups excluding carboxylic acids is 3. The second-order valence-electron chi connectivity index (χ2n) is 7.79. The number of carbonyl (C=O) groups is 3. The van der Waals surface area contributed by atoms with Gasteiger partial charge in [-0.1, -0.05) is 13.0 Å². The van der Waals surface area contributed by atoms with Gasteiger partial charge in [-0.3, -0.25) is 19.4 Å². The number of nitrogens with zero attached hydrogens (tertiary/aromatic N) is 4. The summed E-state index contributed by atoms with van der Waals surface area (Å²) in [5.41, 5.74) is 1.29.